The highest BCUT2D eigenvalue weighted by atomic mass is 16.6. The smallest absolute Gasteiger partial charge is 0.252 e. The Morgan fingerprint density at radius 2 is 2.09 bits per heavy atom. The fourth-order valence-corrected chi connectivity index (χ4v) is 2.33. The van der Waals surface area contributed by atoms with Crippen molar-refractivity contribution in [3.8, 4) is 11.5 Å². The number of carbonyl (C=O) groups excluding carboxylic acids is 1. The van der Waals surface area contributed by atoms with Gasteiger partial charge in [-0.2, -0.15) is 0 Å². The first-order chi connectivity index (χ1) is 11.3. The van der Waals surface area contributed by atoms with E-state index >= 15 is 0 Å². The number of aromatic nitrogens is 1. The van der Waals surface area contributed by atoms with Crippen LogP contribution in [0.25, 0.3) is 0 Å². The van der Waals surface area contributed by atoms with Crippen molar-refractivity contribution in [1.29, 1.82) is 0 Å². The fourth-order valence-electron chi connectivity index (χ4n) is 2.33. The van der Waals surface area contributed by atoms with Gasteiger partial charge in [-0.3, -0.25) is 4.79 Å². The Morgan fingerprint density at radius 1 is 1.26 bits per heavy atom. The normalized spacial score (nSPS) is 15.8. The van der Waals surface area contributed by atoms with Crippen LogP contribution in [-0.2, 0) is 0 Å². The maximum absolute atomic E-state index is 12.0. The van der Waals surface area contributed by atoms with Gasteiger partial charge in [0.1, 0.15) is 18.5 Å². The van der Waals surface area contributed by atoms with Crippen LogP contribution in [0, 0.1) is 0 Å². The number of nitrogens with one attached hydrogen (secondary N) is 2. The third-order valence-corrected chi connectivity index (χ3v) is 3.60. The second-order valence-electron chi connectivity index (χ2n) is 5.22. The molecule has 0 saturated carbocycles. The number of anilines is 1. The van der Waals surface area contributed by atoms with Gasteiger partial charge < -0.3 is 20.1 Å². The Labute approximate surface area is 134 Å². The number of pyridine rings is 1. The summed E-state index contributed by atoms with van der Waals surface area (Å²) in [6, 6.07) is 11.1. The second-order valence-corrected chi connectivity index (χ2v) is 5.22. The van der Waals surface area contributed by atoms with E-state index in [0.717, 1.165) is 17.3 Å². The van der Waals surface area contributed by atoms with Crippen LogP contribution < -0.4 is 20.1 Å². The molecule has 0 unspecified atom stereocenters. The summed E-state index contributed by atoms with van der Waals surface area (Å²) in [7, 11) is 1.78. The first kappa shape index (κ1) is 15.1. The van der Waals surface area contributed by atoms with Gasteiger partial charge >= 0.3 is 0 Å². The molecular weight excluding hydrogens is 294 g/mol. The SMILES string of the molecule is CNc1ccc(C(=O)NCC[C@H]2COc3ccccc3O2)cn1. The average Bonchev–Trinajstić information content (AvgIpc) is 2.61. The van der Waals surface area contributed by atoms with E-state index in [2.05, 4.69) is 15.6 Å². The molecule has 0 bridgehead atoms. The summed E-state index contributed by atoms with van der Waals surface area (Å²) in [6.45, 7) is 1.01. The topological polar surface area (TPSA) is 72.5 Å². The molecule has 2 aromatic rings. The summed E-state index contributed by atoms with van der Waals surface area (Å²) in [5.74, 6) is 2.11. The van der Waals surface area contributed by atoms with Gasteiger partial charge in [-0.05, 0) is 24.3 Å². The van der Waals surface area contributed by atoms with Crippen LogP contribution in [-0.4, -0.2) is 37.2 Å². The zero-order valence-corrected chi connectivity index (χ0v) is 12.9. The number of benzene rings is 1. The molecule has 1 aromatic carbocycles. The molecule has 6 nitrogen and oxygen atoms in total. The second kappa shape index (κ2) is 7.00. The minimum absolute atomic E-state index is 0.0602. The van der Waals surface area contributed by atoms with E-state index in [1.807, 2.05) is 24.3 Å². The first-order valence-corrected chi connectivity index (χ1v) is 7.57. The van der Waals surface area contributed by atoms with E-state index in [9.17, 15) is 4.79 Å². The Morgan fingerprint density at radius 3 is 2.83 bits per heavy atom. The highest BCUT2D eigenvalue weighted by Gasteiger charge is 2.20. The summed E-state index contributed by atoms with van der Waals surface area (Å²) in [6.07, 6.45) is 2.18. The van der Waals surface area contributed by atoms with Gasteiger partial charge in [0, 0.05) is 26.2 Å². The molecule has 2 N–H and O–H groups in total. The number of rotatable bonds is 5. The molecule has 1 aromatic heterocycles. The van der Waals surface area contributed by atoms with E-state index < -0.39 is 0 Å². The van der Waals surface area contributed by atoms with Gasteiger partial charge in [0.25, 0.3) is 5.91 Å². The van der Waals surface area contributed by atoms with Crippen molar-refractivity contribution < 1.29 is 14.3 Å². The van der Waals surface area contributed by atoms with Crippen molar-refractivity contribution in [2.75, 3.05) is 25.5 Å². The molecule has 1 aliphatic rings. The highest BCUT2D eigenvalue weighted by molar-refractivity contribution is 5.94. The molecule has 0 spiro atoms. The quantitative estimate of drug-likeness (QED) is 0.884. The Hall–Kier alpha value is -2.76. The standard InChI is InChI=1S/C17H19N3O3/c1-18-16-7-6-12(10-20-16)17(21)19-9-8-13-11-22-14-4-2-3-5-15(14)23-13/h2-7,10,13H,8-9,11H2,1H3,(H,18,20)(H,19,21)/t13-/m0/s1. The summed E-state index contributed by atoms with van der Waals surface area (Å²) < 4.78 is 11.5. The Balaban J connectivity index is 1.47. The third-order valence-electron chi connectivity index (χ3n) is 3.60. The maximum Gasteiger partial charge on any atom is 0.252 e. The van der Waals surface area contributed by atoms with Crippen molar-refractivity contribution in [2.45, 2.75) is 12.5 Å². The number of carbonyl (C=O) groups is 1. The number of hydrogen-bond donors (Lipinski definition) is 2. The lowest BCUT2D eigenvalue weighted by molar-refractivity contribution is 0.0812. The predicted molar refractivity (Wildman–Crippen MR) is 87.1 cm³/mol. The number of para-hydroxylation sites is 2. The lowest BCUT2D eigenvalue weighted by atomic mass is 10.2. The van der Waals surface area contributed by atoms with E-state index in [4.69, 9.17) is 9.47 Å². The number of fused-ring (bicyclic) bond motifs is 1. The number of nitrogens with zero attached hydrogens (tertiary/aromatic N) is 1. The van der Waals surface area contributed by atoms with Crippen molar-refractivity contribution in [2.24, 2.45) is 0 Å². The van der Waals surface area contributed by atoms with E-state index in [1.165, 1.54) is 0 Å². The molecule has 0 aliphatic carbocycles. The molecule has 120 valence electrons. The number of amides is 1. The summed E-state index contributed by atoms with van der Waals surface area (Å²) in [5.41, 5.74) is 0.537. The summed E-state index contributed by atoms with van der Waals surface area (Å²) in [5, 5.41) is 5.79. The Kier molecular flexibility index (Phi) is 4.61. The fraction of sp³-hybridized carbons (Fsp3) is 0.294. The first-order valence-electron chi connectivity index (χ1n) is 7.57. The van der Waals surface area contributed by atoms with Gasteiger partial charge in [-0.15, -0.1) is 0 Å². The lowest BCUT2D eigenvalue weighted by Gasteiger charge is -2.26. The molecular formula is C17H19N3O3. The molecule has 1 amide bonds. The van der Waals surface area contributed by atoms with Gasteiger partial charge in [0.15, 0.2) is 11.5 Å². The van der Waals surface area contributed by atoms with E-state index in [1.54, 1.807) is 25.4 Å². The largest absolute Gasteiger partial charge is 0.486 e. The molecule has 0 radical (unpaired) electrons. The zero-order chi connectivity index (χ0) is 16.1. The van der Waals surface area contributed by atoms with Gasteiger partial charge in [0.05, 0.1) is 5.56 Å². The van der Waals surface area contributed by atoms with Crippen molar-refractivity contribution in [3.63, 3.8) is 0 Å². The van der Waals surface area contributed by atoms with Crippen molar-refractivity contribution in [1.82, 2.24) is 10.3 Å². The van der Waals surface area contributed by atoms with E-state index in [0.29, 0.717) is 25.1 Å². The minimum Gasteiger partial charge on any atom is -0.486 e. The molecule has 1 aliphatic heterocycles. The van der Waals surface area contributed by atoms with Gasteiger partial charge in [-0.1, -0.05) is 12.1 Å². The number of hydrogen-bond acceptors (Lipinski definition) is 5. The van der Waals surface area contributed by atoms with Crippen LogP contribution in [0.5, 0.6) is 11.5 Å². The van der Waals surface area contributed by atoms with Crippen LogP contribution >= 0.6 is 0 Å². The monoisotopic (exact) mass is 313 g/mol. The van der Waals surface area contributed by atoms with Crippen LogP contribution in [0.1, 0.15) is 16.8 Å². The number of ether oxygens (including phenoxy) is 2. The van der Waals surface area contributed by atoms with E-state index in [-0.39, 0.29) is 12.0 Å². The zero-order valence-electron chi connectivity index (χ0n) is 12.9. The molecule has 23 heavy (non-hydrogen) atoms. The van der Waals surface area contributed by atoms with Crippen LogP contribution in [0.2, 0.25) is 0 Å². The van der Waals surface area contributed by atoms with Crippen LogP contribution in [0.4, 0.5) is 5.82 Å². The van der Waals surface area contributed by atoms with Crippen molar-refractivity contribution >= 4 is 11.7 Å². The molecule has 1 atom stereocenters. The minimum atomic E-state index is -0.141. The van der Waals surface area contributed by atoms with Gasteiger partial charge in [-0.25, -0.2) is 4.98 Å². The molecule has 0 saturated heterocycles. The predicted octanol–water partition coefficient (Wildman–Crippen LogP) is 2.08. The summed E-state index contributed by atoms with van der Waals surface area (Å²) in [4.78, 5) is 16.2. The molecule has 0 fully saturated rings. The third kappa shape index (κ3) is 3.71. The molecule has 6 heteroatoms. The molecule has 3 rings (SSSR count). The van der Waals surface area contributed by atoms with Gasteiger partial charge in [0.2, 0.25) is 0 Å². The van der Waals surface area contributed by atoms with Crippen LogP contribution in [0.15, 0.2) is 42.6 Å². The summed E-state index contributed by atoms with van der Waals surface area (Å²) >= 11 is 0. The maximum atomic E-state index is 12.0. The molecule has 2 heterocycles. The van der Waals surface area contributed by atoms with Crippen LogP contribution in [0.3, 0.4) is 0 Å². The highest BCUT2D eigenvalue weighted by Crippen LogP contribution is 2.31. The van der Waals surface area contributed by atoms with Crippen molar-refractivity contribution in [3.05, 3.63) is 48.2 Å². The average molecular weight is 313 g/mol. The Bertz CT molecular complexity index is 673. The lowest BCUT2D eigenvalue weighted by Crippen LogP contribution is -2.34.